The number of nitrogens with one attached hydrogen (secondary N) is 1. The lowest BCUT2D eigenvalue weighted by Crippen LogP contribution is -2.24. The zero-order valence-corrected chi connectivity index (χ0v) is 22.2. The van der Waals surface area contributed by atoms with Crippen molar-refractivity contribution in [3.05, 3.63) is 71.9 Å². The van der Waals surface area contributed by atoms with Gasteiger partial charge in [-0.15, -0.1) is 0 Å². The Balaban J connectivity index is 0. The van der Waals surface area contributed by atoms with Gasteiger partial charge in [-0.3, -0.25) is 9.48 Å². The molecule has 0 bridgehead atoms. The SMILES string of the molecule is C=C/C=C\c1c(C(=O)NC(/C=C(\C)C(CCC)CCCC)=C(\O)C=C)cnn1C.CC.CC. The van der Waals surface area contributed by atoms with E-state index >= 15 is 0 Å². The number of aromatic nitrogens is 2. The van der Waals surface area contributed by atoms with Gasteiger partial charge in [0.2, 0.25) is 0 Å². The Kier molecular flexibility index (Phi) is 19.4. The van der Waals surface area contributed by atoms with Crippen LogP contribution in [0.1, 0.15) is 96.6 Å². The first-order chi connectivity index (χ1) is 15.9. The van der Waals surface area contributed by atoms with E-state index in [1.54, 1.807) is 30.0 Å². The van der Waals surface area contributed by atoms with Gasteiger partial charge in [0.05, 0.1) is 23.2 Å². The number of aryl methyl sites for hydroxylation is 1. The number of aliphatic hydroxyl groups excluding tert-OH is 1. The molecule has 33 heavy (non-hydrogen) atoms. The smallest absolute Gasteiger partial charge is 0.259 e. The summed E-state index contributed by atoms with van der Waals surface area (Å²) in [5, 5.41) is 17.3. The van der Waals surface area contributed by atoms with E-state index in [1.807, 2.05) is 33.8 Å². The first-order valence-corrected chi connectivity index (χ1v) is 12.3. The maximum atomic E-state index is 12.9. The number of unbranched alkanes of at least 4 members (excludes halogenated alkanes) is 1. The van der Waals surface area contributed by atoms with E-state index in [2.05, 4.69) is 44.3 Å². The van der Waals surface area contributed by atoms with Crippen LogP contribution in [0.5, 0.6) is 0 Å². The highest BCUT2D eigenvalue weighted by Crippen LogP contribution is 2.24. The molecule has 0 fully saturated rings. The highest BCUT2D eigenvalue weighted by atomic mass is 16.3. The summed E-state index contributed by atoms with van der Waals surface area (Å²) in [5.41, 5.74) is 2.57. The van der Waals surface area contributed by atoms with Gasteiger partial charge in [0, 0.05) is 7.05 Å². The Labute approximate surface area is 202 Å². The van der Waals surface area contributed by atoms with Crippen molar-refractivity contribution in [1.82, 2.24) is 15.1 Å². The summed E-state index contributed by atoms with van der Waals surface area (Å²) < 4.78 is 1.62. The molecule has 0 aromatic carbocycles. The molecule has 0 spiro atoms. The van der Waals surface area contributed by atoms with Crippen LogP contribution in [0.3, 0.4) is 0 Å². The maximum absolute atomic E-state index is 12.9. The van der Waals surface area contributed by atoms with Gasteiger partial charge in [-0.25, -0.2) is 0 Å². The van der Waals surface area contributed by atoms with Crippen LogP contribution in [0.4, 0.5) is 0 Å². The van der Waals surface area contributed by atoms with Crippen molar-refractivity contribution in [2.24, 2.45) is 13.0 Å². The van der Waals surface area contributed by atoms with E-state index in [4.69, 9.17) is 0 Å². The lowest BCUT2D eigenvalue weighted by atomic mass is 9.89. The maximum Gasteiger partial charge on any atom is 0.259 e. The summed E-state index contributed by atoms with van der Waals surface area (Å²) in [5.74, 6) is 0.0271. The molecule has 0 saturated heterocycles. The topological polar surface area (TPSA) is 67.2 Å². The fraction of sp³-hybridized carbons (Fsp3) is 0.500. The molecule has 5 heteroatoms. The highest BCUT2D eigenvalue weighted by molar-refractivity contribution is 5.98. The second-order valence-electron chi connectivity index (χ2n) is 7.14. The minimum absolute atomic E-state index is 0.0597. The van der Waals surface area contributed by atoms with Crippen LogP contribution in [-0.2, 0) is 7.05 Å². The van der Waals surface area contributed by atoms with Crippen LogP contribution in [0.15, 0.2) is 60.7 Å². The number of amides is 1. The Hall–Kier alpha value is -2.82. The van der Waals surface area contributed by atoms with Gasteiger partial charge in [0.25, 0.3) is 5.91 Å². The van der Waals surface area contributed by atoms with E-state index in [0.29, 0.717) is 22.9 Å². The molecule has 0 aliphatic heterocycles. The standard InChI is InChI=1S/C24H35N3O2.2C2H6/c1-7-11-14-19(13-9-3)18(5)16-21(23(28)10-4)26-24(29)20-17-25-27(6)22(20)15-12-8-2;2*1-2/h8,10,12,15-17,19,28H,2,4,7,9,11,13-14H2,1,3,5-6H3,(H,26,29);2*1-2H3/b15-12-,18-16+,23-21-;;. The molecule has 0 radical (unpaired) electrons. The first-order valence-electron chi connectivity index (χ1n) is 12.3. The molecule has 1 unspecified atom stereocenters. The Bertz CT molecular complexity index is 798. The van der Waals surface area contributed by atoms with Crippen molar-refractivity contribution in [3.63, 3.8) is 0 Å². The predicted molar refractivity (Wildman–Crippen MR) is 144 cm³/mol. The van der Waals surface area contributed by atoms with E-state index in [9.17, 15) is 9.90 Å². The Morgan fingerprint density at radius 3 is 2.33 bits per heavy atom. The number of carbonyl (C=O) groups is 1. The Morgan fingerprint density at radius 2 is 1.82 bits per heavy atom. The lowest BCUT2D eigenvalue weighted by Gasteiger charge is -2.18. The van der Waals surface area contributed by atoms with Crippen molar-refractivity contribution in [2.75, 3.05) is 0 Å². The largest absolute Gasteiger partial charge is 0.506 e. The van der Waals surface area contributed by atoms with E-state index in [0.717, 1.165) is 37.7 Å². The molecule has 1 atom stereocenters. The lowest BCUT2D eigenvalue weighted by molar-refractivity contribution is 0.0965. The second-order valence-corrected chi connectivity index (χ2v) is 7.14. The first kappa shape index (κ1) is 32.4. The molecule has 2 N–H and O–H groups in total. The summed E-state index contributed by atoms with van der Waals surface area (Å²) in [6.45, 7) is 21.7. The third kappa shape index (κ3) is 11.6. The zero-order valence-electron chi connectivity index (χ0n) is 22.2. The van der Waals surface area contributed by atoms with Crippen LogP contribution in [0.2, 0.25) is 0 Å². The van der Waals surface area contributed by atoms with E-state index in [1.165, 1.54) is 12.3 Å². The predicted octanol–water partition coefficient (Wildman–Crippen LogP) is 7.91. The van der Waals surface area contributed by atoms with Crippen molar-refractivity contribution >= 4 is 12.0 Å². The average Bonchev–Trinajstić information content (AvgIpc) is 3.21. The molecular formula is C28H47N3O2. The van der Waals surface area contributed by atoms with Crippen LogP contribution >= 0.6 is 0 Å². The van der Waals surface area contributed by atoms with Crippen LogP contribution in [0, 0.1) is 5.92 Å². The van der Waals surface area contributed by atoms with Crippen molar-refractivity contribution in [1.29, 1.82) is 0 Å². The molecule has 5 nitrogen and oxygen atoms in total. The number of carbonyl (C=O) groups excluding carboxylic acids is 1. The quantitative estimate of drug-likeness (QED) is 0.247. The Morgan fingerprint density at radius 1 is 1.18 bits per heavy atom. The number of hydrogen-bond acceptors (Lipinski definition) is 3. The highest BCUT2D eigenvalue weighted by Gasteiger charge is 2.17. The molecule has 186 valence electrons. The summed E-state index contributed by atoms with van der Waals surface area (Å²) in [4.78, 5) is 12.9. The normalized spacial score (nSPS) is 12.5. The van der Waals surface area contributed by atoms with Gasteiger partial charge >= 0.3 is 0 Å². The molecular weight excluding hydrogens is 410 g/mol. The fourth-order valence-corrected chi connectivity index (χ4v) is 3.20. The third-order valence-corrected chi connectivity index (χ3v) is 4.90. The molecule has 1 heterocycles. The number of hydrogen-bond donors (Lipinski definition) is 2. The third-order valence-electron chi connectivity index (χ3n) is 4.90. The summed E-state index contributed by atoms with van der Waals surface area (Å²) in [6.07, 6.45) is 15.4. The minimum Gasteiger partial charge on any atom is -0.506 e. The summed E-state index contributed by atoms with van der Waals surface area (Å²) in [7, 11) is 1.77. The van der Waals surface area contributed by atoms with Gasteiger partial charge in [-0.2, -0.15) is 5.10 Å². The molecule has 1 rings (SSSR count). The summed E-state index contributed by atoms with van der Waals surface area (Å²) in [6, 6.07) is 0. The van der Waals surface area contributed by atoms with Gasteiger partial charge in [-0.05, 0) is 43.9 Å². The fourth-order valence-electron chi connectivity index (χ4n) is 3.20. The van der Waals surface area contributed by atoms with Gasteiger partial charge < -0.3 is 10.4 Å². The summed E-state index contributed by atoms with van der Waals surface area (Å²) >= 11 is 0. The van der Waals surface area contributed by atoms with Crippen molar-refractivity contribution in [3.8, 4) is 0 Å². The van der Waals surface area contributed by atoms with Gasteiger partial charge in [0.1, 0.15) is 5.76 Å². The van der Waals surface area contributed by atoms with Crippen molar-refractivity contribution in [2.45, 2.75) is 80.6 Å². The minimum atomic E-state index is -0.338. The molecule has 0 saturated carbocycles. The molecule has 1 aromatic rings. The van der Waals surface area contributed by atoms with Crippen LogP contribution in [-0.4, -0.2) is 20.8 Å². The van der Waals surface area contributed by atoms with Crippen LogP contribution in [0.25, 0.3) is 6.08 Å². The average molecular weight is 458 g/mol. The number of allylic oxidation sites excluding steroid dienone is 5. The molecule has 0 aliphatic carbocycles. The van der Waals surface area contributed by atoms with Gasteiger partial charge in [-0.1, -0.05) is 91.7 Å². The molecule has 1 amide bonds. The van der Waals surface area contributed by atoms with E-state index < -0.39 is 0 Å². The van der Waals surface area contributed by atoms with Gasteiger partial charge in [0.15, 0.2) is 0 Å². The number of aliphatic hydroxyl groups is 1. The van der Waals surface area contributed by atoms with Crippen molar-refractivity contribution < 1.29 is 9.90 Å². The monoisotopic (exact) mass is 457 g/mol. The number of rotatable bonds is 12. The number of nitrogens with zero attached hydrogens (tertiary/aromatic N) is 2. The van der Waals surface area contributed by atoms with E-state index in [-0.39, 0.29) is 11.7 Å². The molecule has 0 aliphatic rings. The molecule has 1 aromatic heterocycles. The van der Waals surface area contributed by atoms with Crippen LogP contribution < -0.4 is 5.32 Å². The second kappa shape index (κ2) is 19.8. The zero-order chi connectivity index (χ0) is 25.8.